The summed E-state index contributed by atoms with van der Waals surface area (Å²) in [6.07, 6.45) is 2.49. The van der Waals surface area contributed by atoms with Crippen molar-refractivity contribution >= 4 is 29.7 Å². The second-order valence-electron chi connectivity index (χ2n) is 12.9. The minimum atomic E-state index is -2.51. The van der Waals surface area contributed by atoms with Gasteiger partial charge in [0, 0.05) is 11.6 Å². The molecule has 3 nitrogen and oxygen atoms in total. The maximum Gasteiger partial charge on any atom is 0.261 e. The number of nitrogens with one attached hydrogen (secondary N) is 1. The molecule has 2 saturated carbocycles. The molecule has 0 heterocycles. The molecule has 0 bridgehead atoms. The third kappa shape index (κ3) is 4.73. The largest absolute Gasteiger partial charge is 0.404 e. The van der Waals surface area contributed by atoms with Crippen molar-refractivity contribution in [3.8, 4) is 0 Å². The zero-order chi connectivity index (χ0) is 24.9. The van der Waals surface area contributed by atoms with Gasteiger partial charge in [0.25, 0.3) is 8.32 Å². The molecule has 5 heteroatoms. The Labute approximate surface area is 210 Å². The summed E-state index contributed by atoms with van der Waals surface area (Å²) < 4.78 is 23.4. The highest BCUT2D eigenvalue weighted by Crippen LogP contribution is 2.63. The Bertz CT molecular complexity index is 958. The normalized spacial score (nSPS) is 26.2. The van der Waals surface area contributed by atoms with Crippen LogP contribution in [-0.4, -0.2) is 28.9 Å². The molecule has 0 radical (unpaired) electrons. The van der Waals surface area contributed by atoms with Gasteiger partial charge in [-0.2, -0.15) is 0 Å². The van der Waals surface area contributed by atoms with Crippen molar-refractivity contribution in [1.82, 2.24) is 4.72 Å². The van der Waals surface area contributed by atoms with E-state index in [2.05, 4.69) is 100 Å². The van der Waals surface area contributed by atoms with Crippen molar-refractivity contribution < 1.29 is 8.63 Å². The van der Waals surface area contributed by atoms with Crippen LogP contribution in [0.1, 0.15) is 68.2 Å². The Morgan fingerprint density at radius 1 is 0.794 bits per heavy atom. The summed E-state index contributed by atoms with van der Waals surface area (Å²) in [5.41, 5.74) is -0.129. The Hall–Kier alpha value is -1.27. The lowest BCUT2D eigenvalue weighted by Crippen LogP contribution is -2.67. The van der Waals surface area contributed by atoms with E-state index in [1.165, 1.54) is 10.4 Å². The van der Waals surface area contributed by atoms with Crippen LogP contribution >= 0.6 is 0 Å². The minimum Gasteiger partial charge on any atom is -0.404 e. The molecule has 3 unspecified atom stereocenters. The molecular formula is C29H43NO2SSi. The number of benzene rings is 2. The number of hydrogen-bond acceptors (Lipinski definition) is 2. The van der Waals surface area contributed by atoms with Crippen LogP contribution in [0.15, 0.2) is 60.7 Å². The molecule has 0 saturated heterocycles. The summed E-state index contributed by atoms with van der Waals surface area (Å²) in [6, 6.07) is 21.9. The number of fused-ring (bicyclic) bond motifs is 1. The number of rotatable bonds is 7. The van der Waals surface area contributed by atoms with Crippen molar-refractivity contribution in [2.45, 2.75) is 89.7 Å². The molecule has 2 aliphatic carbocycles. The van der Waals surface area contributed by atoms with Crippen molar-refractivity contribution in [3.05, 3.63) is 60.7 Å². The molecule has 2 fully saturated rings. The molecule has 2 aliphatic rings. The second-order valence-corrected chi connectivity index (χ2v) is 19.2. The quantitative estimate of drug-likeness (QED) is 0.519. The molecule has 0 amide bonds. The Balaban J connectivity index is 1.56. The fraction of sp³-hybridized carbons (Fsp3) is 0.586. The van der Waals surface area contributed by atoms with E-state index in [-0.39, 0.29) is 21.4 Å². The zero-order valence-electron chi connectivity index (χ0n) is 22.2. The summed E-state index contributed by atoms with van der Waals surface area (Å²) in [5.74, 6) is 1.88. The summed E-state index contributed by atoms with van der Waals surface area (Å²) in [4.78, 5) is 0. The van der Waals surface area contributed by atoms with Gasteiger partial charge >= 0.3 is 0 Å². The van der Waals surface area contributed by atoms with Crippen molar-refractivity contribution in [2.75, 3.05) is 0 Å². The van der Waals surface area contributed by atoms with Crippen LogP contribution in [0, 0.1) is 17.8 Å². The van der Waals surface area contributed by atoms with Crippen LogP contribution in [-0.2, 0) is 15.4 Å². The van der Waals surface area contributed by atoms with E-state index in [1.54, 1.807) is 0 Å². The van der Waals surface area contributed by atoms with Gasteiger partial charge < -0.3 is 4.43 Å². The van der Waals surface area contributed by atoms with Crippen LogP contribution in [0.2, 0.25) is 5.04 Å². The molecule has 2 aromatic carbocycles. The SMILES string of the molecule is CC(C)(NS(=O)C(C)(C)C)C1[C@H]2CC(O[Si](c3ccccc3)(c3ccccc3)C(C)(C)C)C[C@@H]12. The standard InChI is InChI=1S/C29H43NO2SSi/c1-27(2,3)33(31)30-29(7,8)26-24-19-21(20-25(24)26)32-34(28(4,5)6,22-15-11-9-12-16-22)23-17-13-10-14-18-23/h9-18,21,24-26,30H,19-20H2,1-8H3/t21?,24-,25+,26?,33?. The van der Waals surface area contributed by atoms with Crippen LogP contribution in [0.25, 0.3) is 0 Å². The molecule has 2 aromatic rings. The van der Waals surface area contributed by atoms with Crippen LogP contribution in [0.4, 0.5) is 0 Å². The van der Waals surface area contributed by atoms with E-state index in [1.807, 2.05) is 20.8 Å². The highest BCUT2D eigenvalue weighted by Gasteiger charge is 2.63. The fourth-order valence-electron chi connectivity index (χ4n) is 6.36. The first-order chi connectivity index (χ1) is 15.8. The minimum absolute atomic E-state index is 0.00627. The molecule has 0 aromatic heterocycles. The molecule has 1 N–H and O–H groups in total. The highest BCUT2D eigenvalue weighted by molar-refractivity contribution is 7.84. The molecule has 0 spiro atoms. The van der Waals surface area contributed by atoms with Gasteiger partial charge in [-0.05, 0) is 80.6 Å². The molecule has 5 atom stereocenters. The highest BCUT2D eigenvalue weighted by atomic mass is 32.2. The van der Waals surface area contributed by atoms with Gasteiger partial charge in [-0.1, -0.05) is 81.4 Å². The maximum absolute atomic E-state index is 12.8. The molecular weight excluding hydrogens is 454 g/mol. The first kappa shape index (κ1) is 25.8. The van der Waals surface area contributed by atoms with E-state index in [9.17, 15) is 4.21 Å². The van der Waals surface area contributed by atoms with Crippen LogP contribution in [0.3, 0.4) is 0 Å². The third-order valence-corrected chi connectivity index (χ3v) is 14.8. The first-order valence-electron chi connectivity index (χ1n) is 12.8. The lowest BCUT2D eigenvalue weighted by molar-refractivity contribution is 0.163. The summed E-state index contributed by atoms with van der Waals surface area (Å²) in [6.45, 7) is 17.6. The van der Waals surface area contributed by atoms with Gasteiger partial charge in [0.05, 0.1) is 15.7 Å². The van der Waals surface area contributed by atoms with Crippen LogP contribution in [0.5, 0.6) is 0 Å². The van der Waals surface area contributed by atoms with E-state index < -0.39 is 19.3 Å². The lowest BCUT2D eigenvalue weighted by Gasteiger charge is -2.45. The Morgan fingerprint density at radius 3 is 1.62 bits per heavy atom. The van der Waals surface area contributed by atoms with Gasteiger partial charge in [-0.25, -0.2) is 8.93 Å². The predicted molar refractivity (Wildman–Crippen MR) is 147 cm³/mol. The Kier molecular flexibility index (Phi) is 6.82. The van der Waals surface area contributed by atoms with Crippen LogP contribution < -0.4 is 15.1 Å². The molecule has 34 heavy (non-hydrogen) atoms. The lowest BCUT2D eigenvalue weighted by atomic mass is 9.93. The van der Waals surface area contributed by atoms with Gasteiger partial charge in [0.1, 0.15) is 0 Å². The molecule has 186 valence electrons. The second kappa shape index (κ2) is 8.99. The smallest absolute Gasteiger partial charge is 0.261 e. The van der Waals surface area contributed by atoms with E-state index in [4.69, 9.17) is 4.43 Å². The number of hydrogen-bond donors (Lipinski definition) is 1. The molecule has 0 aliphatic heterocycles. The van der Waals surface area contributed by atoms with Gasteiger partial charge in [0.15, 0.2) is 0 Å². The maximum atomic E-state index is 12.8. The van der Waals surface area contributed by atoms with Gasteiger partial charge in [-0.15, -0.1) is 0 Å². The average Bonchev–Trinajstić information content (AvgIpc) is 3.29. The predicted octanol–water partition coefficient (Wildman–Crippen LogP) is 5.42. The van der Waals surface area contributed by atoms with Gasteiger partial charge in [-0.3, -0.25) is 0 Å². The third-order valence-electron chi connectivity index (χ3n) is 7.91. The molecule has 4 rings (SSSR count). The Morgan fingerprint density at radius 2 is 1.24 bits per heavy atom. The van der Waals surface area contributed by atoms with E-state index in [0.29, 0.717) is 17.8 Å². The van der Waals surface area contributed by atoms with Gasteiger partial charge in [0.2, 0.25) is 0 Å². The van der Waals surface area contributed by atoms with E-state index in [0.717, 1.165) is 12.8 Å². The summed E-state index contributed by atoms with van der Waals surface area (Å²) in [7, 11) is -3.56. The zero-order valence-corrected chi connectivity index (χ0v) is 24.0. The summed E-state index contributed by atoms with van der Waals surface area (Å²) in [5, 5.41) is 2.72. The van der Waals surface area contributed by atoms with Crippen molar-refractivity contribution in [2.24, 2.45) is 17.8 Å². The average molecular weight is 498 g/mol. The first-order valence-corrected chi connectivity index (χ1v) is 15.8. The van der Waals surface area contributed by atoms with E-state index >= 15 is 0 Å². The topological polar surface area (TPSA) is 38.3 Å². The van der Waals surface area contributed by atoms with Crippen molar-refractivity contribution in [3.63, 3.8) is 0 Å². The fourth-order valence-corrected chi connectivity index (χ4v) is 12.0. The monoisotopic (exact) mass is 497 g/mol. The summed E-state index contributed by atoms with van der Waals surface area (Å²) >= 11 is 0. The van der Waals surface area contributed by atoms with Crippen molar-refractivity contribution in [1.29, 1.82) is 0 Å².